The number of aryl methyl sites for hydroxylation is 1. The standard InChI is InChI=1S/C15H20N4O/c1-11-3-5-13(6-4-11)14-17-15(20-18-14)12(2)19-9-7-16-8-10-19/h3-6,12,16H,7-10H2,1-2H3/t12-/m0/s1. The lowest BCUT2D eigenvalue weighted by Gasteiger charge is -2.30. The third-order valence-electron chi connectivity index (χ3n) is 3.81. The van der Waals surface area contributed by atoms with E-state index in [0.717, 1.165) is 31.7 Å². The molecule has 1 N–H and O–H groups in total. The largest absolute Gasteiger partial charge is 0.337 e. The Hall–Kier alpha value is -1.72. The van der Waals surface area contributed by atoms with Gasteiger partial charge in [0.25, 0.3) is 0 Å². The van der Waals surface area contributed by atoms with Gasteiger partial charge >= 0.3 is 0 Å². The van der Waals surface area contributed by atoms with Crippen molar-refractivity contribution >= 4 is 0 Å². The molecule has 1 aliphatic rings. The minimum atomic E-state index is 0.170. The van der Waals surface area contributed by atoms with E-state index in [1.54, 1.807) is 0 Å². The third kappa shape index (κ3) is 2.73. The second-order valence-corrected chi connectivity index (χ2v) is 5.28. The fraction of sp³-hybridized carbons (Fsp3) is 0.467. The van der Waals surface area contributed by atoms with E-state index in [1.807, 2.05) is 12.1 Å². The molecule has 106 valence electrons. The highest BCUT2D eigenvalue weighted by Gasteiger charge is 2.23. The third-order valence-corrected chi connectivity index (χ3v) is 3.81. The van der Waals surface area contributed by atoms with Crippen molar-refractivity contribution in [1.82, 2.24) is 20.4 Å². The maximum atomic E-state index is 5.44. The fourth-order valence-electron chi connectivity index (χ4n) is 2.45. The van der Waals surface area contributed by atoms with E-state index in [0.29, 0.717) is 11.7 Å². The van der Waals surface area contributed by atoms with Gasteiger partial charge < -0.3 is 9.84 Å². The summed E-state index contributed by atoms with van der Waals surface area (Å²) in [6, 6.07) is 8.35. The second kappa shape index (κ2) is 5.73. The molecule has 3 rings (SSSR count). The van der Waals surface area contributed by atoms with E-state index in [-0.39, 0.29) is 6.04 Å². The van der Waals surface area contributed by atoms with E-state index in [4.69, 9.17) is 4.52 Å². The van der Waals surface area contributed by atoms with Gasteiger partial charge in [-0.05, 0) is 13.8 Å². The number of hydrogen-bond acceptors (Lipinski definition) is 5. The Balaban J connectivity index is 1.77. The van der Waals surface area contributed by atoms with Crippen LogP contribution in [0.1, 0.15) is 24.4 Å². The molecule has 1 fully saturated rings. The summed E-state index contributed by atoms with van der Waals surface area (Å²) in [6.07, 6.45) is 0. The number of piperazine rings is 1. The van der Waals surface area contributed by atoms with E-state index in [9.17, 15) is 0 Å². The highest BCUT2D eigenvalue weighted by atomic mass is 16.5. The molecule has 0 amide bonds. The minimum absolute atomic E-state index is 0.170. The van der Waals surface area contributed by atoms with Gasteiger partial charge in [-0.3, -0.25) is 4.90 Å². The molecule has 1 aromatic heterocycles. The summed E-state index contributed by atoms with van der Waals surface area (Å²) >= 11 is 0. The summed E-state index contributed by atoms with van der Waals surface area (Å²) < 4.78 is 5.44. The lowest BCUT2D eigenvalue weighted by Crippen LogP contribution is -2.44. The zero-order chi connectivity index (χ0) is 13.9. The Morgan fingerprint density at radius 2 is 1.90 bits per heavy atom. The Labute approximate surface area is 119 Å². The quantitative estimate of drug-likeness (QED) is 0.926. The molecule has 1 atom stereocenters. The van der Waals surface area contributed by atoms with Gasteiger partial charge in [0.15, 0.2) is 0 Å². The van der Waals surface area contributed by atoms with E-state index < -0.39 is 0 Å². The van der Waals surface area contributed by atoms with Gasteiger partial charge in [-0.1, -0.05) is 35.0 Å². The molecule has 2 heterocycles. The molecule has 1 aliphatic heterocycles. The average Bonchev–Trinajstić information content (AvgIpc) is 2.98. The highest BCUT2D eigenvalue weighted by molar-refractivity contribution is 5.54. The predicted octanol–water partition coefficient (Wildman–Crippen LogP) is 2.01. The van der Waals surface area contributed by atoms with Crippen LogP contribution in [-0.4, -0.2) is 41.2 Å². The summed E-state index contributed by atoms with van der Waals surface area (Å²) in [5.41, 5.74) is 2.23. The van der Waals surface area contributed by atoms with Crippen molar-refractivity contribution in [2.45, 2.75) is 19.9 Å². The van der Waals surface area contributed by atoms with Crippen LogP contribution in [0.4, 0.5) is 0 Å². The van der Waals surface area contributed by atoms with Crippen LogP contribution in [0.25, 0.3) is 11.4 Å². The highest BCUT2D eigenvalue weighted by Crippen LogP contribution is 2.22. The van der Waals surface area contributed by atoms with Crippen molar-refractivity contribution in [3.63, 3.8) is 0 Å². The zero-order valence-electron chi connectivity index (χ0n) is 12.0. The molecule has 5 nitrogen and oxygen atoms in total. The lowest BCUT2D eigenvalue weighted by atomic mass is 10.1. The Morgan fingerprint density at radius 1 is 1.20 bits per heavy atom. The number of hydrogen-bond donors (Lipinski definition) is 1. The van der Waals surface area contributed by atoms with Crippen molar-refractivity contribution in [2.75, 3.05) is 26.2 Å². The van der Waals surface area contributed by atoms with Crippen molar-refractivity contribution < 1.29 is 4.52 Å². The van der Waals surface area contributed by atoms with E-state index in [2.05, 4.69) is 46.3 Å². The van der Waals surface area contributed by atoms with E-state index in [1.165, 1.54) is 5.56 Å². The second-order valence-electron chi connectivity index (χ2n) is 5.28. The number of rotatable bonds is 3. The van der Waals surface area contributed by atoms with Crippen LogP contribution in [0, 0.1) is 6.92 Å². The number of nitrogens with one attached hydrogen (secondary N) is 1. The SMILES string of the molecule is Cc1ccc(-c2noc([C@H](C)N3CCNCC3)n2)cc1. The Morgan fingerprint density at radius 3 is 2.60 bits per heavy atom. The molecule has 0 saturated carbocycles. The molecular formula is C15H20N4O. The van der Waals surface area contributed by atoms with Crippen LogP contribution in [-0.2, 0) is 0 Å². The van der Waals surface area contributed by atoms with Crippen LogP contribution >= 0.6 is 0 Å². The molecular weight excluding hydrogens is 252 g/mol. The molecule has 20 heavy (non-hydrogen) atoms. The van der Waals surface area contributed by atoms with Crippen LogP contribution in [0.3, 0.4) is 0 Å². The summed E-state index contributed by atoms with van der Waals surface area (Å²) in [5.74, 6) is 1.37. The Bertz CT molecular complexity index is 558. The van der Waals surface area contributed by atoms with Crippen molar-refractivity contribution in [1.29, 1.82) is 0 Å². The first kappa shape index (κ1) is 13.3. The van der Waals surface area contributed by atoms with E-state index >= 15 is 0 Å². The zero-order valence-corrected chi connectivity index (χ0v) is 12.0. The van der Waals surface area contributed by atoms with Gasteiger partial charge in [-0.2, -0.15) is 4.98 Å². The van der Waals surface area contributed by atoms with Gasteiger partial charge in [0, 0.05) is 31.7 Å². The number of nitrogens with zero attached hydrogens (tertiary/aromatic N) is 3. The molecule has 1 saturated heterocycles. The van der Waals surface area contributed by atoms with Gasteiger partial charge in [-0.15, -0.1) is 0 Å². The first-order chi connectivity index (χ1) is 9.74. The molecule has 0 radical (unpaired) electrons. The lowest BCUT2D eigenvalue weighted by molar-refractivity contribution is 0.154. The maximum Gasteiger partial charge on any atom is 0.244 e. The van der Waals surface area contributed by atoms with Crippen LogP contribution < -0.4 is 5.32 Å². The summed E-state index contributed by atoms with van der Waals surface area (Å²) in [7, 11) is 0. The molecule has 0 bridgehead atoms. The van der Waals surface area contributed by atoms with Crippen molar-refractivity contribution in [3.05, 3.63) is 35.7 Å². The molecule has 0 aliphatic carbocycles. The predicted molar refractivity (Wildman–Crippen MR) is 77.3 cm³/mol. The van der Waals surface area contributed by atoms with Crippen LogP contribution in [0.5, 0.6) is 0 Å². The maximum absolute atomic E-state index is 5.44. The summed E-state index contributed by atoms with van der Waals surface area (Å²) in [6.45, 7) is 8.26. The monoisotopic (exact) mass is 272 g/mol. The molecule has 0 unspecified atom stereocenters. The van der Waals surface area contributed by atoms with Gasteiger partial charge in [0.05, 0.1) is 6.04 Å². The molecule has 5 heteroatoms. The van der Waals surface area contributed by atoms with Crippen molar-refractivity contribution in [3.8, 4) is 11.4 Å². The van der Waals surface area contributed by atoms with Crippen LogP contribution in [0.2, 0.25) is 0 Å². The van der Waals surface area contributed by atoms with Gasteiger partial charge in [-0.25, -0.2) is 0 Å². The Kier molecular flexibility index (Phi) is 3.80. The molecule has 2 aromatic rings. The molecule has 0 spiro atoms. The number of benzene rings is 1. The van der Waals surface area contributed by atoms with Gasteiger partial charge in [0.2, 0.25) is 11.7 Å². The fourth-order valence-corrected chi connectivity index (χ4v) is 2.45. The van der Waals surface area contributed by atoms with Crippen molar-refractivity contribution in [2.24, 2.45) is 0 Å². The first-order valence-electron chi connectivity index (χ1n) is 7.09. The smallest absolute Gasteiger partial charge is 0.244 e. The number of aromatic nitrogens is 2. The first-order valence-corrected chi connectivity index (χ1v) is 7.09. The average molecular weight is 272 g/mol. The van der Waals surface area contributed by atoms with Gasteiger partial charge in [0.1, 0.15) is 0 Å². The topological polar surface area (TPSA) is 54.2 Å². The summed E-state index contributed by atoms with van der Waals surface area (Å²) in [4.78, 5) is 6.91. The normalized spacial score (nSPS) is 18.1. The molecule has 1 aromatic carbocycles. The minimum Gasteiger partial charge on any atom is -0.337 e. The van der Waals surface area contributed by atoms with Crippen LogP contribution in [0.15, 0.2) is 28.8 Å². The summed E-state index contributed by atoms with van der Waals surface area (Å²) in [5, 5.41) is 7.45.